The third-order valence-corrected chi connectivity index (χ3v) is 5.15. The first kappa shape index (κ1) is 20.2. The van der Waals surface area contributed by atoms with Crippen LogP contribution in [0.2, 0.25) is 5.02 Å². The molecule has 2 aromatic rings. The van der Waals surface area contributed by atoms with E-state index in [0.29, 0.717) is 5.02 Å². The van der Waals surface area contributed by atoms with E-state index < -0.39 is 39.4 Å². The first-order chi connectivity index (χ1) is 12.0. The molecule has 0 aliphatic rings. The van der Waals surface area contributed by atoms with E-state index in [9.17, 15) is 26.4 Å². The van der Waals surface area contributed by atoms with Crippen molar-refractivity contribution < 1.29 is 26.4 Å². The van der Waals surface area contributed by atoms with Gasteiger partial charge in [0.25, 0.3) is 0 Å². The van der Waals surface area contributed by atoms with Crippen molar-refractivity contribution in [2.24, 2.45) is 0 Å². The molecule has 0 saturated heterocycles. The summed E-state index contributed by atoms with van der Waals surface area (Å²) in [5.74, 6) is -0.931. The summed E-state index contributed by atoms with van der Waals surface area (Å²) in [5.41, 5.74) is -1.48. The number of rotatable bonds is 5. The van der Waals surface area contributed by atoms with Crippen molar-refractivity contribution >= 4 is 33.2 Å². The Morgan fingerprint density at radius 2 is 1.65 bits per heavy atom. The van der Waals surface area contributed by atoms with Crippen LogP contribution >= 0.6 is 11.6 Å². The molecule has 0 aliphatic carbocycles. The molecule has 0 heterocycles. The lowest BCUT2D eigenvalue weighted by Crippen LogP contribution is -2.41. The zero-order chi connectivity index (χ0) is 19.5. The van der Waals surface area contributed by atoms with Crippen LogP contribution in [0.15, 0.2) is 53.4 Å². The molecule has 0 aromatic heterocycles. The van der Waals surface area contributed by atoms with Gasteiger partial charge in [0.05, 0.1) is 22.2 Å². The third kappa shape index (κ3) is 4.96. The molecule has 0 radical (unpaired) electrons. The summed E-state index contributed by atoms with van der Waals surface area (Å²) in [6.45, 7) is 1.22. The maximum Gasteiger partial charge on any atom is 0.418 e. The number of para-hydroxylation sites is 1. The number of hydrogen-bond donors (Lipinski definition) is 2. The summed E-state index contributed by atoms with van der Waals surface area (Å²) in [7, 11) is -4.04. The normalized spacial score (nSPS) is 13.3. The van der Waals surface area contributed by atoms with Crippen LogP contribution in [0.3, 0.4) is 0 Å². The molecule has 0 spiro atoms. The van der Waals surface area contributed by atoms with Gasteiger partial charge in [0.15, 0.2) is 0 Å². The van der Waals surface area contributed by atoms with E-state index in [1.807, 2.05) is 0 Å². The van der Waals surface area contributed by atoms with Crippen molar-refractivity contribution in [1.82, 2.24) is 4.72 Å². The van der Waals surface area contributed by atoms with Crippen molar-refractivity contribution in [3.63, 3.8) is 0 Å². The highest BCUT2D eigenvalue weighted by atomic mass is 35.5. The number of hydrogen-bond acceptors (Lipinski definition) is 3. The molecule has 0 saturated carbocycles. The van der Waals surface area contributed by atoms with Crippen LogP contribution in [0.1, 0.15) is 12.5 Å². The molecular formula is C16H14ClF3N2O3S. The molecule has 140 valence electrons. The number of alkyl halides is 3. The number of benzene rings is 2. The van der Waals surface area contributed by atoms with E-state index in [1.165, 1.54) is 43.3 Å². The maximum atomic E-state index is 13.0. The summed E-state index contributed by atoms with van der Waals surface area (Å²) in [4.78, 5) is 12.0. The van der Waals surface area contributed by atoms with Gasteiger partial charge in [-0.2, -0.15) is 17.9 Å². The van der Waals surface area contributed by atoms with Crippen molar-refractivity contribution in [3.05, 3.63) is 59.1 Å². The standard InChI is InChI=1S/C16H14ClF3N2O3S/c1-10(22-26(24,25)12-8-6-11(17)7-9-12)15(23)21-14-5-3-2-4-13(14)16(18,19)20/h2-10,22H,1H3,(H,21,23). The number of nitrogens with one attached hydrogen (secondary N) is 2. The van der Waals surface area contributed by atoms with Gasteiger partial charge in [-0.3, -0.25) is 4.79 Å². The molecule has 2 N–H and O–H groups in total. The fraction of sp³-hybridized carbons (Fsp3) is 0.188. The van der Waals surface area contributed by atoms with Crippen LogP contribution in [0.5, 0.6) is 0 Å². The molecule has 0 fully saturated rings. The first-order valence-electron chi connectivity index (χ1n) is 7.26. The number of sulfonamides is 1. The monoisotopic (exact) mass is 406 g/mol. The molecule has 5 nitrogen and oxygen atoms in total. The number of carbonyl (C=O) groups is 1. The largest absolute Gasteiger partial charge is 0.418 e. The third-order valence-electron chi connectivity index (χ3n) is 3.34. The molecular weight excluding hydrogens is 393 g/mol. The van der Waals surface area contributed by atoms with Gasteiger partial charge in [-0.05, 0) is 43.3 Å². The second-order valence-corrected chi connectivity index (χ2v) is 7.48. The van der Waals surface area contributed by atoms with E-state index in [4.69, 9.17) is 11.6 Å². The van der Waals surface area contributed by atoms with E-state index in [2.05, 4.69) is 10.0 Å². The SMILES string of the molecule is CC(NS(=O)(=O)c1ccc(Cl)cc1)C(=O)Nc1ccccc1C(F)(F)F. The van der Waals surface area contributed by atoms with Gasteiger partial charge < -0.3 is 5.32 Å². The molecule has 1 amide bonds. The van der Waals surface area contributed by atoms with Crippen LogP contribution in [0.4, 0.5) is 18.9 Å². The van der Waals surface area contributed by atoms with Gasteiger partial charge in [0.2, 0.25) is 15.9 Å². The van der Waals surface area contributed by atoms with Crippen LogP contribution in [-0.4, -0.2) is 20.4 Å². The summed E-state index contributed by atoms with van der Waals surface area (Å²) < 4.78 is 65.4. The molecule has 0 bridgehead atoms. The lowest BCUT2D eigenvalue weighted by atomic mass is 10.1. The lowest BCUT2D eigenvalue weighted by molar-refractivity contribution is -0.137. The second kappa shape index (κ2) is 7.65. The Balaban J connectivity index is 2.15. The maximum absolute atomic E-state index is 13.0. The average molecular weight is 407 g/mol. The quantitative estimate of drug-likeness (QED) is 0.795. The van der Waals surface area contributed by atoms with Crippen molar-refractivity contribution in [2.45, 2.75) is 24.0 Å². The summed E-state index contributed by atoms with van der Waals surface area (Å²) in [6.07, 6.45) is -4.66. The van der Waals surface area contributed by atoms with Crippen molar-refractivity contribution in [2.75, 3.05) is 5.32 Å². The minimum absolute atomic E-state index is 0.128. The van der Waals surface area contributed by atoms with Crippen molar-refractivity contribution in [3.8, 4) is 0 Å². The van der Waals surface area contributed by atoms with E-state index in [0.717, 1.165) is 12.1 Å². The molecule has 2 rings (SSSR count). The number of halogens is 4. The predicted molar refractivity (Wildman–Crippen MR) is 91.3 cm³/mol. The average Bonchev–Trinajstić information content (AvgIpc) is 2.54. The second-order valence-electron chi connectivity index (χ2n) is 5.33. The van der Waals surface area contributed by atoms with E-state index in [1.54, 1.807) is 0 Å². The van der Waals surface area contributed by atoms with Crippen LogP contribution in [0, 0.1) is 0 Å². The molecule has 26 heavy (non-hydrogen) atoms. The summed E-state index contributed by atoms with van der Waals surface area (Å²) in [5, 5.41) is 2.42. The Kier molecular flexibility index (Phi) is 5.94. The Labute approximate surface area is 153 Å². The molecule has 2 aromatic carbocycles. The van der Waals surface area contributed by atoms with Gasteiger partial charge in [0.1, 0.15) is 0 Å². The van der Waals surface area contributed by atoms with E-state index in [-0.39, 0.29) is 4.90 Å². The highest BCUT2D eigenvalue weighted by Gasteiger charge is 2.34. The smallest absolute Gasteiger partial charge is 0.324 e. The number of anilines is 1. The minimum atomic E-state index is -4.66. The van der Waals surface area contributed by atoms with Gasteiger partial charge in [0, 0.05) is 5.02 Å². The highest BCUT2D eigenvalue weighted by molar-refractivity contribution is 7.89. The van der Waals surface area contributed by atoms with E-state index >= 15 is 0 Å². The Bertz CT molecular complexity index is 900. The predicted octanol–water partition coefficient (Wildman–Crippen LogP) is 3.66. The minimum Gasteiger partial charge on any atom is -0.324 e. The Hall–Kier alpha value is -2.10. The highest BCUT2D eigenvalue weighted by Crippen LogP contribution is 2.34. The molecule has 10 heteroatoms. The van der Waals surface area contributed by atoms with Crippen LogP contribution < -0.4 is 10.0 Å². The van der Waals surface area contributed by atoms with Gasteiger partial charge in [-0.25, -0.2) is 8.42 Å². The molecule has 1 unspecified atom stereocenters. The van der Waals surface area contributed by atoms with Gasteiger partial charge >= 0.3 is 6.18 Å². The first-order valence-corrected chi connectivity index (χ1v) is 9.12. The van der Waals surface area contributed by atoms with Crippen LogP contribution in [0.25, 0.3) is 0 Å². The summed E-state index contributed by atoms with van der Waals surface area (Å²) in [6, 6.07) is 8.32. The topological polar surface area (TPSA) is 75.3 Å². The Morgan fingerprint density at radius 3 is 2.23 bits per heavy atom. The van der Waals surface area contributed by atoms with Gasteiger partial charge in [-0.15, -0.1) is 0 Å². The fourth-order valence-electron chi connectivity index (χ4n) is 2.05. The molecule has 0 aliphatic heterocycles. The number of amides is 1. The molecule has 1 atom stereocenters. The fourth-order valence-corrected chi connectivity index (χ4v) is 3.38. The Morgan fingerprint density at radius 1 is 1.08 bits per heavy atom. The zero-order valence-electron chi connectivity index (χ0n) is 13.3. The van der Waals surface area contributed by atoms with Crippen molar-refractivity contribution in [1.29, 1.82) is 0 Å². The zero-order valence-corrected chi connectivity index (χ0v) is 14.9. The van der Waals surface area contributed by atoms with Gasteiger partial charge in [-0.1, -0.05) is 23.7 Å². The lowest BCUT2D eigenvalue weighted by Gasteiger charge is -2.17. The summed E-state index contributed by atoms with van der Waals surface area (Å²) >= 11 is 5.69. The number of carbonyl (C=O) groups excluding carboxylic acids is 1. The van der Waals surface area contributed by atoms with Crippen LogP contribution in [-0.2, 0) is 21.0 Å².